The van der Waals surface area contributed by atoms with Crippen molar-refractivity contribution in [2.45, 2.75) is 96.9 Å². The lowest BCUT2D eigenvalue weighted by molar-refractivity contribution is -0.0971. The number of nitrogens with zero attached hydrogens (tertiary/aromatic N) is 1. The molecule has 0 amide bonds. The van der Waals surface area contributed by atoms with E-state index >= 15 is 0 Å². The number of piperidine rings is 1. The van der Waals surface area contributed by atoms with Crippen molar-refractivity contribution in [2.75, 3.05) is 13.2 Å². The fourth-order valence-electron chi connectivity index (χ4n) is 3.22. The zero-order valence-corrected chi connectivity index (χ0v) is 14.6. The summed E-state index contributed by atoms with van der Waals surface area (Å²) in [4.78, 5) is 2.47. The Hall–Kier alpha value is -0.120. The molecule has 1 aliphatic heterocycles. The van der Waals surface area contributed by atoms with Crippen LogP contribution in [0, 0.1) is 0 Å². The Morgan fingerprint density at radius 2 is 1.65 bits per heavy atom. The van der Waals surface area contributed by atoms with E-state index in [0.29, 0.717) is 13.2 Å². The molecule has 0 aromatic heterocycles. The van der Waals surface area contributed by atoms with Gasteiger partial charge in [0.05, 0.1) is 18.3 Å². The number of hydrogen-bond acceptors (Lipinski definition) is 3. The second-order valence-electron chi connectivity index (χ2n) is 8.17. The summed E-state index contributed by atoms with van der Waals surface area (Å²) in [5.41, 5.74) is 0.167. The van der Waals surface area contributed by atoms with Crippen molar-refractivity contribution in [3.05, 3.63) is 0 Å². The molecule has 120 valence electrons. The third-order valence-electron chi connectivity index (χ3n) is 4.95. The Morgan fingerprint density at radius 3 is 2.10 bits per heavy atom. The van der Waals surface area contributed by atoms with Gasteiger partial charge in [-0.3, -0.25) is 4.90 Å². The maximum Gasteiger partial charge on any atom is 0.0900 e. The molecule has 0 aromatic rings. The number of rotatable bonds is 6. The van der Waals surface area contributed by atoms with E-state index in [2.05, 4.69) is 53.4 Å². The van der Waals surface area contributed by atoms with Crippen LogP contribution in [0.25, 0.3) is 0 Å². The lowest BCUT2D eigenvalue weighted by Crippen LogP contribution is -2.60. The van der Waals surface area contributed by atoms with E-state index in [1.165, 1.54) is 19.3 Å². The number of hydrogen-bond donors (Lipinski definition) is 1. The van der Waals surface area contributed by atoms with Gasteiger partial charge in [0.15, 0.2) is 0 Å². The molecule has 1 N–H and O–H groups in total. The van der Waals surface area contributed by atoms with E-state index in [-0.39, 0.29) is 16.7 Å². The summed E-state index contributed by atoms with van der Waals surface area (Å²) in [6, 6.07) is 0. The average molecular weight is 285 g/mol. The first kappa shape index (κ1) is 17.9. The minimum Gasteiger partial charge on any atom is -0.389 e. The van der Waals surface area contributed by atoms with Crippen LogP contribution >= 0.6 is 0 Å². The van der Waals surface area contributed by atoms with Crippen molar-refractivity contribution in [1.29, 1.82) is 0 Å². The molecule has 20 heavy (non-hydrogen) atoms. The van der Waals surface area contributed by atoms with E-state index in [4.69, 9.17) is 4.74 Å². The van der Waals surface area contributed by atoms with Gasteiger partial charge in [0, 0.05) is 17.6 Å². The fourth-order valence-corrected chi connectivity index (χ4v) is 3.22. The van der Waals surface area contributed by atoms with Gasteiger partial charge in [-0.25, -0.2) is 0 Å². The third kappa shape index (κ3) is 4.71. The summed E-state index contributed by atoms with van der Waals surface area (Å²) >= 11 is 0. The molecule has 0 aliphatic carbocycles. The highest BCUT2D eigenvalue weighted by molar-refractivity contribution is 4.97. The Morgan fingerprint density at radius 1 is 1.15 bits per heavy atom. The van der Waals surface area contributed by atoms with Crippen molar-refractivity contribution in [3.63, 3.8) is 0 Å². The molecule has 0 bridgehead atoms. The Kier molecular flexibility index (Phi) is 5.67. The quantitative estimate of drug-likeness (QED) is 0.809. The highest BCUT2D eigenvalue weighted by atomic mass is 16.5. The van der Waals surface area contributed by atoms with Gasteiger partial charge in [-0.15, -0.1) is 0 Å². The summed E-state index contributed by atoms with van der Waals surface area (Å²) in [6.45, 7) is 16.5. The lowest BCUT2D eigenvalue weighted by atomic mass is 9.79. The molecule has 3 heteroatoms. The first-order valence-corrected chi connectivity index (χ1v) is 8.10. The number of likely N-dealkylation sites (tertiary alicyclic amines) is 1. The monoisotopic (exact) mass is 285 g/mol. The van der Waals surface area contributed by atoms with Gasteiger partial charge >= 0.3 is 0 Å². The van der Waals surface area contributed by atoms with Crippen LogP contribution in [0.15, 0.2) is 0 Å². The minimum atomic E-state index is -0.419. The molecular formula is C17H35NO2. The molecule has 0 aromatic carbocycles. The van der Waals surface area contributed by atoms with Gasteiger partial charge < -0.3 is 9.84 Å². The third-order valence-corrected chi connectivity index (χ3v) is 4.95. The first-order valence-electron chi connectivity index (χ1n) is 8.10. The summed E-state index contributed by atoms with van der Waals surface area (Å²) in [7, 11) is 0. The van der Waals surface area contributed by atoms with Crippen LogP contribution < -0.4 is 0 Å². The van der Waals surface area contributed by atoms with Crippen LogP contribution in [-0.2, 0) is 4.74 Å². The van der Waals surface area contributed by atoms with Crippen LogP contribution in [-0.4, -0.2) is 45.9 Å². The molecule has 1 fully saturated rings. The zero-order valence-electron chi connectivity index (χ0n) is 14.6. The normalized spacial score (nSPS) is 24.6. The Bertz CT molecular complexity index is 294. The van der Waals surface area contributed by atoms with Gasteiger partial charge in [0.25, 0.3) is 0 Å². The average Bonchev–Trinajstić information content (AvgIpc) is 2.31. The van der Waals surface area contributed by atoms with Crippen LogP contribution in [0.3, 0.4) is 0 Å². The van der Waals surface area contributed by atoms with Crippen LogP contribution in [0.4, 0.5) is 0 Å². The van der Waals surface area contributed by atoms with Crippen molar-refractivity contribution >= 4 is 0 Å². The molecule has 0 radical (unpaired) electrons. The van der Waals surface area contributed by atoms with Gasteiger partial charge in [-0.2, -0.15) is 0 Å². The fraction of sp³-hybridized carbons (Fsp3) is 1.00. The number of β-amino-alcohol motifs (C(OH)–C–C–N with tert-alkyl or cyclic N) is 1. The molecular weight excluding hydrogens is 250 g/mol. The Balaban J connectivity index is 2.60. The maximum atomic E-state index is 10.4. The molecule has 0 spiro atoms. The van der Waals surface area contributed by atoms with E-state index < -0.39 is 6.10 Å². The van der Waals surface area contributed by atoms with E-state index in [1.54, 1.807) is 0 Å². The molecule has 1 atom stereocenters. The summed E-state index contributed by atoms with van der Waals surface area (Å²) < 4.78 is 5.84. The highest BCUT2D eigenvalue weighted by Crippen LogP contribution is 2.38. The molecule has 0 saturated carbocycles. The van der Waals surface area contributed by atoms with Crippen molar-refractivity contribution in [3.8, 4) is 0 Å². The van der Waals surface area contributed by atoms with Gasteiger partial charge in [-0.05, 0) is 67.2 Å². The van der Waals surface area contributed by atoms with Gasteiger partial charge in [0.2, 0.25) is 0 Å². The van der Waals surface area contributed by atoms with Gasteiger partial charge in [0.1, 0.15) is 0 Å². The predicted molar refractivity (Wildman–Crippen MR) is 85.0 cm³/mol. The standard InChI is InChI=1S/C17H35NO2/c1-8-17(6,7)20-13-14(19)12-18-15(2,3)10-9-11-16(18,4)5/h14,19H,8-13H2,1-7H3. The predicted octanol–water partition coefficient (Wildman–Crippen LogP) is 3.60. The number of aliphatic hydroxyl groups is 1. The SMILES string of the molecule is CCC(C)(C)OCC(O)CN1C(C)(C)CCCC1(C)C. The molecule has 3 nitrogen and oxygen atoms in total. The van der Waals surface area contributed by atoms with Crippen molar-refractivity contribution in [2.24, 2.45) is 0 Å². The topological polar surface area (TPSA) is 32.7 Å². The number of ether oxygens (including phenoxy) is 1. The second-order valence-corrected chi connectivity index (χ2v) is 8.17. The molecule has 1 rings (SSSR count). The van der Waals surface area contributed by atoms with E-state index in [9.17, 15) is 5.11 Å². The van der Waals surface area contributed by atoms with E-state index in [1.807, 2.05) is 0 Å². The van der Waals surface area contributed by atoms with Crippen LogP contribution in [0.1, 0.15) is 74.1 Å². The van der Waals surface area contributed by atoms with Crippen molar-refractivity contribution in [1.82, 2.24) is 4.90 Å². The van der Waals surface area contributed by atoms with E-state index in [0.717, 1.165) is 6.42 Å². The molecule has 1 unspecified atom stereocenters. The van der Waals surface area contributed by atoms with Crippen LogP contribution in [0.2, 0.25) is 0 Å². The van der Waals surface area contributed by atoms with Gasteiger partial charge in [-0.1, -0.05) is 6.92 Å². The molecule has 1 heterocycles. The second kappa shape index (κ2) is 6.33. The van der Waals surface area contributed by atoms with Crippen molar-refractivity contribution < 1.29 is 9.84 Å². The highest BCUT2D eigenvalue weighted by Gasteiger charge is 2.41. The maximum absolute atomic E-state index is 10.4. The summed E-state index contributed by atoms with van der Waals surface area (Å²) in [5, 5.41) is 10.4. The molecule has 1 saturated heterocycles. The zero-order chi connectivity index (χ0) is 15.6. The Labute approximate surface area is 125 Å². The molecule has 1 aliphatic rings. The minimum absolute atomic E-state index is 0.145. The summed E-state index contributed by atoms with van der Waals surface area (Å²) in [6.07, 6.45) is 4.21. The van der Waals surface area contributed by atoms with Crippen LogP contribution in [0.5, 0.6) is 0 Å². The smallest absolute Gasteiger partial charge is 0.0900 e. The lowest BCUT2D eigenvalue weighted by Gasteiger charge is -2.53. The summed E-state index contributed by atoms with van der Waals surface area (Å²) in [5.74, 6) is 0. The number of aliphatic hydroxyl groups excluding tert-OH is 1. The largest absolute Gasteiger partial charge is 0.389 e. The first-order chi connectivity index (χ1) is 9.00.